The Bertz CT molecular complexity index is 1310. The molecular formula is C27H32N6O5. The van der Waals surface area contributed by atoms with Crippen molar-refractivity contribution in [2.75, 3.05) is 20.0 Å². The van der Waals surface area contributed by atoms with Gasteiger partial charge >= 0.3 is 0 Å². The highest BCUT2D eigenvalue weighted by Crippen LogP contribution is 2.36. The number of methoxy groups -OCH3 is 1. The number of amides is 3. The van der Waals surface area contributed by atoms with E-state index in [1.807, 2.05) is 24.3 Å². The molecule has 3 amide bonds. The van der Waals surface area contributed by atoms with Gasteiger partial charge in [-0.25, -0.2) is 10.2 Å². The summed E-state index contributed by atoms with van der Waals surface area (Å²) in [7, 11) is 2.93. The third-order valence-corrected chi connectivity index (χ3v) is 6.84. The maximum atomic E-state index is 12.6. The van der Waals surface area contributed by atoms with Crippen LogP contribution in [-0.4, -0.2) is 41.7 Å². The number of hydrogen-bond acceptors (Lipinski definition) is 7. The smallest absolute Gasteiger partial charge is 0.255 e. The number of nitrogens with two attached hydrogens (primary N) is 2. The maximum Gasteiger partial charge on any atom is 0.255 e. The molecule has 1 aliphatic rings. The number of para-hydroxylation sites is 1. The van der Waals surface area contributed by atoms with Gasteiger partial charge in [-0.2, -0.15) is 5.10 Å². The van der Waals surface area contributed by atoms with E-state index in [1.54, 1.807) is 28.9 Å². The standard InChI is InChI=1S/C27H32N6O5/c1-37-21-6-4-3-5-20(21)27(36)30-15-16-7-9-17(10-8-16)23-22(25(29)34)24(28)33(31-23)19-13-11-18(12-14-19)26(35)32-38-2/h3-10,18-19H,11-15,28H2,1-2H3,(H2,29,34)(H,30,36)(H,32,35). The molecule has 1 aromatic heterocycles. The van der Waals surface area contributed by atoms with E-state index in [-0.39, 0.29) is 35.2 Å². The van der Waals surface area contributed by atoms with Crippen molar-refractivity contribution in [3.05, 3.63) is 65.2 Å². The molecular weight excluding hydrogens is 488 g/mol. The second-order valence-corrected chi connectivity index (χ2v) is 9.17. The van der Waals surface area contributed by atoms with Gasteiger partial charge in [0, 0.05) is 18.0 Å². The molecule has 38 heavy (non-hydrogen) atoms. The number of nitrogens with one attached hydrogen (secondary N) is 2. The molecule has 1 fully saturated rings. The van der Waals surface area contributed by atoms with Crippen LogP contribution in [0, 0.1) is 5.92 Å². The SMILES string of the molecule is CONC(=O)C1CCC(n2nc(-c3ccc(CNC(=O)c4ccccc4OC)cc3)c(C(N)=O)c2N)CC1. The van der Waals surface area contributed by atoms with Crippen LogP contribution in [0.25, 0.3) is 11.3 Å². The van der Waals surface area contributed by atoms with E-state index in [2.05, 4.69) is 15.9 Å². The molecule has 4 rings (SSSR count). The Morgan fingerprint density at radius 1 is 1.03 bits per heavy atom. The number of rotatable bonds is 9. The van der Waals surface area contributed by atoms with E-state index in [1.165, 1.54) is 14.2 Å². The number of hydrogen-bond donors (Lipinski definition) is 4. The molecule has 0 unspecified atom stereocenters. The highest BCUT2D eigenvalue weighted by atomic mass is 16.6. The van der Waals surface area contributed by atoms with Crippen LogP contribution in [0.4, 0.5) is 5.82 Å². The molecule has 0 spiro atoms. The second kappa shape index (κ2) is 11.8. The molecule has 1 aliphatic carbocycles. The minimum absolute atomic E-state index is 0.0575. The first kappa shape index (κ1) is 26.7. The monoisotopic (exact) mass is 520 g/mol. The molecule has 6 N–H and O–H groups in total. The first-order chi connectivity index (χ1) is 18.3. The zero-order valence-electron chi connectivity index (χ0n) is 21.4. The summed E-state index contributed by atoms with van der Waals surface area (Å²) >= 11 is 0. The molecule has 0 radical (unpaired) electrons. The fourth-order valence-corrected chi connectivity index (χ4v) is 4.83. The summed E-state index contributed by atoms with van der Waals surface area (Å²) in [4.78, 5) is 41.7. The highest BCUT2D eigenvalue weighted by molar-refractivity contribution is 6.03. The van der Waals surface area contributed by atoms with Crippen molar-refractivity contribution < 1.29 is 24.0 Å². The molecule has 1 heterocycles. The molecule has 0 atom stereocenters. The van der Waals surface area contributed by atoms with Gasteiger partial charge in [-0.15, -0.1) is 0 Å². The zero-order valence-corrected chi connectivity index (χ0v) is 21.4. The van der Waals surface area contributed by atoms with Gasteiger partial charge in [-0.05, 0) is 43.4 Å². The van der Waals surface area contributed by atoms with Gasteiger partial charge < -0.3 is 21.5 Å². The quantitative estimate of drug-likeness (QED) is 0.315. The lowest BCUT2D eigenvalue weighted by Gasteiger charge is -2.28. The van der Waals surface area contributed by atoms with Crippen molar-refractivity contribution in [2.24, 2.45) is 11.7 Å². The maximum absolute atomic E-state index is 12.6. The third-order valence-electron chi connectivity index (χ3n) is 6.84. The summed E-state index contributed by atoms with van der Waals surface area (Å²) in [5.74, 6) is -0.482. The fourth-order valence-electron chi connectivity index (χ4n) is 4.83. The molecule has 2 aromatic carbocycles. The fraction of sp³-hybridized carbons (Fsp3) is 0.333. The van der Waals surface area contributed by atoms with Crippen LogP contribution in [0.15, 0.2) is 48.5 Å². The first-order valence-corrected chi connectivity index (χ1v) is 12.3. The Labute approximate surface area is 220 Å². The predicted octanol–water partition coefficient (Wildman–Crippen LogP) is 2.58. The number of benzene rings is 2. The van der Waals surface area contributed by atoms with Gasteiger partial charge in [0.15, 0.2) is 0 Å². The summed E-state index contributed by atoms with van der Waals surface area (Å²) in [6, 6.07) is 14.3. The molecule has 3 aromatic rings. The van der Waals surface area contributed by atoms with Gasteiger partial charge in [-0.3, -0.25) is 19.2 Å². The van der Waals surface area contributed by atoms with Crippen molar-refractivity contribution in [2.45, 2.75) is 38.3 Å². The number of ether oxygens (including phenoxy) is 1. The number of hydroxylamine groups is 1. The topological polar surface area (TPSA) is 164 Å². The molecule has 200 valence electrons. The van der Waals surface area contributed by atoms with Gasteiger partial charge in [0.2, 0.25) is 5.91 Å². The molecule has 0 bridgehead atoms. The summed E-state index contributed by atoms with van der Waals surface area (Å²) in [5.41, 5.74) is 17.0. The number of carbonyl (C=O) groups is 3. The number of anilines is 1. The largest absolute Gasteiger partial charge is 0.496 e. The van der Waals surface area contributed by atoms with Crippen molar-refractivity contribution in [1.29, 1.82) is 0 Å². The highest BCUT2D eigenvalue weighted by Gasteiger charge is 2.31. The van der Waals surface area contributed by atoms with E-state index in [0.29, 0.717) is 54.8 Å². The summed E-state index contributed by atoms with van der Waals surface area (Å²) in [6.45, 7) is 0.302. The van der Waals surface area contributed by atoms with Crippen molar-refractivity contribution in [3.8, 4) is 17.0 Å². The van der Waals surface area contributed by atoms with Crippen LogP contribution >= 0.6 is 0 Å². The summed E-state index contributed by atoms with van der Waals surface area (Å²) in [6.07, 6.45) is 2.65. The van der Waals surface area contributed by atoms with E-state index in [9.17, 15) is 14.4 Å². The van der Waals surface area contributed by atoms with Crippen LogP contribution in [0.1, 0.15) is 58.0 Å². The molecule has 0 aliphatic heterocycles. The van der Waals surface area contributed by atoms with Crippen LogP contribution in [0.3, 0.4) is 0 Å². The number of carbonyl (C=O) groups excluding carboxylic acids is 3. The number of nitrogen functional groups attached to an aromatic ring is 1. The lowest BCUT2D eigenvalue weighted by Crippen LogP contribution is -2.33. The van der Waals surface area contributed by atoms with Gasteiger partial charge in [0.05, 0.1) is 25.8 Å². The molecule has 11 heteroatoms. The lowest BCUT2D eigenvalue weighted by molar-refractivity contribution is -0.136. The minimum atomic E-state index is -0.662. The van der Waals surface area contributed by atoms with Crippen molar-refractivity contribution in [1.82, 2.24) is 20.6 Å². The number of nitrogens with zero attached hydrogens (tertiary/aromatic N) is 2. The normalized spacial score (nSPS) is 17.0. The first-order valence-electron chi connectivity index (χ1n) is 12.3. The Kier molecular flexibility index (Phi) is 8.27. The van der Waals surface area contributed by atoms with Crippen LogP contribution in [0.2, 0.25) is 0 Å². The minimum Gasteiger partial charge on any atom is -0.496 e. The van der Waals surface area contributed by atoms with Gasteiger partial charge in [0.1, 0.15) is 22.8 Å². The zero-order chi connectivity index (χ0) is 27.2. The van der Waals surface area contributed by atoms with E-state index in [0.717, 1.165) is 5.56 Å². The Morgan fingerprint density at radius 2 is 1.71 bits per heavy atom. The Morgan fingerprint density at radius 3 is 2.34 bits per heavy atom. The van der Waals surface area contributed by atoms with Crippen LogP contribution < -0.4 is 27.0 Å². The third kappa shape index (κ3) is 5.62. The Hall–Kier alpha value is -4.38. The van der Waals surface area contributed by atoms with E-state index >= 15 is 0 Å². The molecule has 11 nitrogen and oxygen atoms in total. The summed E-state index contributed by atoms with van der Waals surface area (Å²) in [5, 5.41) is 7.56. The van der Waals surface area contributed by atoms with Gasteiger partial charge in [0.25, 0.3) is 11.8 Å². The van der Waals surface area contributed by atoms with E-state index < -0.39 is 5.91 Å². The lowest BCUT2D eigenvalue weighted by atomic mass is 9.85. The number of aromatic nitrogens is 2. The average Bonchev–Trinajstić information content (AvgIpc) is 3.29. The Balaban J connectivity index is 1.48. The van der Waals surface area contributed by atoms with Gasteiger partial charge in [-0.1, -0.05) is 36.4 Å². The van der Waals surface area contributed by atoms with E-state index in [4.69, 9.17) is 21.0 Å². The summed E-state index contributed by atoms with van der Waals surface area (Å²) < 4.78 is 6.91. The van der Waals surface area contributed by atoms with Crippen molar-refractivity contribution in [3.63, 3.8) is 0 Å². The molecule has 0 saturated heterocycles. The predicted molar refractivity (Wildman–Crippen MR) is 141 cm³/mol. The molecule has 1 saturated carbocycles. The second-order valence-electron chi connectivity index (χ2n) is 9.17. The number of primary amides is 1. The average molecular weight is 521 g/mol. The van der Waals surface area contributed by atoms with Crippen LogP contribution in [-0.2, 0) is 16.2 Å². The van der Waals surface area contributed by atoms with Crippen LogP contribution in [0.5, 0.6) is 5.75 Å². The van der Waals surface area contributed by atoms with Crippen molar-refractivity contribution >= 4 is 23.5 Å².